The molecule has 1 N–H and O–H groups in total. The number of nitrogens with one attached hydrogen (secondary N) is 1. The summed E-state index contributed by atoms with van der Waals surface area (Å²) in [5.41, 5.74) is 0. The first kappa shape index (κ1) is 16.7. The van der Waals surface area contributed by atoms with Crippen molar-refractivity contribution in [3.63, 3.8) is 0 Å². The SMILES string of the molecule is CSc1nnc([C@@H]2CCC[NH+](CC(=O)N3CCOCC3)C2)n1C. The van der Waals surface area contributed by atoms with Crippen LogP contribution >= 0.6 is 11.8 Å². The van der Waals surface area contributed by atoms with E-state index < -0.39 is 0 Å². The summed E-state index contributed by atoms with van der Waals surface area (Å²) in [7, 11) is 2.04. The fourth-order valence-corrected chi connectivity index (χ4v) is 4.02. The van der Waals surface area contributed by atoms with Gasteiger partial charge in [-0.1, -0.05) is 11.8 Å². The first-order chi connectivity index (χ1) is 11.2. The van der Waals surface area contributed by atoms with Crippen LogP contribution < -0.4 is 4.90 Å². The van der Waals surface area contributed by atoms with Crippen molar-refractivity contribution in [3.05, 3.63) is 5.82 Å². The summed E-state index contributed by atoms with van der Waals surface area (Å²) in [5.74, 6) is 1.71. The Hall–Kier alpha value is -1.12. The Kier molecular flexibility index (Phi) is 5.55. The van der Waals surface area contributed by atoms with Crippen LogP contribution in [0.2, 0.25) is 0 Å². The summed E-state index contributed by atoms with van der Waals surface area (Å²) in [6.07, 6.45) is 4.29. The summed E-state index contributed by atoms with van der Waals surface area (Å²) >= 11 is 1.62. The largest absolute Gasteiger partial charge is 0.378 e. The van der Waals surface area contributed by atoms with E-state index in [0.717, 1.165) is 50.0 Å². The van der Waals surface area contributed by atoms with Crippen molar-refractivity contribution >= 4 is 17.7 Å². The molecule has 0 radical (unpaired) electrons. The van der Waals surface area contributed by atoms with E-state index in [-0.39, 0.29) is 5.91 Å². The van der Waals surface area contributed by atoms with E-state index in [4.69, 9.17) is 4.74 Å². The number of amides is 1. The summed E-state index contributed by atoms with van der Waals surface area (Å²) in [6, 6.07) is 0. The Bertz CT molecular complexity index is 544. The number of thioether (sulfide) groups is 1. The highest BCUT2D eigenvalue weighted by molar-refractivity contribution is 7.98. The molecule has 2 aliphatic rings. The van der Waals surface area contributed by atoms with E-state index in [1.807, 2.05) is 18.2 Å². The van der Waals surface area contributed by atoms with E-state index in [9.17, 15) is 4.79 Å². The number of morpholine rings is 1. The third-order valence-corrected chi connectivity index (χ3v) is 5.52. The molecule has 8 heteroatoms. The smallest absolute Gasteiger partial charge is 0.277 e. The van der Waals surface area contributed by atoms with Crippen LogP contribution in [-0.4, -0.2) is 77.8 Å². The molecule has 2 fully saturated rings. The maximum atomic E-state index is 12.4. The molecule has 3 heterocycles. The van der Waals surface area contributed by atoms with Gasteiger partial charge in [-0.2, -0.15) is 0 Å². The molecule has 2 saturated heterocycles. The van der Waals surface area contributed by atoms with Crippen LogP contribution in [0.1, 0.15) is 24.6 Å². The zero-order valence-corrected chi connectivity index (χ0v) is 14.8. The molecule has 128 valence electrons. The number of aromatic nitrogens is 3. The van der Waals surface area contributed by atoms with Crippen molar-refractivity contribution in [2.75, 3.05) is 52.2 Å². The molecule has 1 aromatic heterocycles. The minimum absolute atomic E-state index is 0.256. The quantitative estimate of drug-likeness (QED) is 0.724. The lowest BCUT2D eigenvalue weighted by Gasteiger charge is -2.32. The van der Waals surface area contributed by atoms with Gasteiger partial charge in [0.25, 0.3) is 5.91 Å². The van der Waals surface area contributed by atoms with Gasteiger partial charge in [0.1, 0.15) is 5.82 Å². The average molecular weight is 340 g/mol. The number of piperidine rings is 1. The fraction of sp³-hybridized carbons (Fsp3) is 0.800. The third-order valence-electron chi connectivity index (χ3n) is 4.80. The van der Waals surface area contributed by atoms with Gasteiger partial charge in [0.15, 0.2) is 11.7 Å². The molecule has 23 heavy (non-hydrogen) atoms. The maximum absolute atomic E-state index is 12.4. The average Bonchev–Trinajstić information content (AvgIpc) is 2.96. The molecule has 0 aromatic carbocycles. The Morgan fingerprint density at radius 1 is 1.39 bits per heavy atom. The Balaban J connectivity index is 1.59. The van der Waals surface area contributed by atoms with E-state index in [1.165, 1.54) is 4.90 Å². The van der Waals surface area contributed by atoms with E-state index >= 15 is 0 Å². The normalized spacial score (nSPS) is 25.6. The fourth-order valence-electron chi connectivity index (χ4n) is 3.53. The van der Waals surface area contributed by atoms with E-state index in [1.54, 1.807) is 11.8 Å². The standard InChI is InChI=1S/C15H25N5O2S/c1-18-14(16-17-15(18)23-2)12-4-3-5-19(10-12)11-13(21)20-6-8-22-9-7-20/h12H,3-11H2,1-2H3/p+1/t12-/m1/s1. The van der Waals surface area contributed by atoms with Gasteiger partial charge in [-0.05, 0) is 19.1 Å². The number of carbonyl (C=O) groups excluding carboxylic acids is 1. The molecule has 0 bridgehead atoms. The van der Waals surface area contributed by atoms with E-state index in [2.05, 4.69) is 14.8 Å². The van der Waals surface area contributed by atoms with Gasteiger partial charge in [0, 0.05) is 20.1 Å². The molecule has 0 saturated carbocycles. The van der Waals surface area contributed by atoms with Gasteiger partial charge < -0.3 is 19.1 Å². The molecule has 0 aliphatic carbocycles. The molecular weight excluding hydrogens is 314 g/mol. The monoisotopic (exact) mass is 340 g/mol. The Labute approximate surface area is 141 Å². The lowest BCUT2D eigenvalue weighted by atomic mass is 9.97. The molecule has 7 nitrogen and oxygen atoms in total. The first-order valence-corrected chi connectivity index (χ1v) is 9.54. The van der Waals surface area contributed by atoms with Crippen LogP contribution in [0, 0.1) is 0 Å². The first-order valence-electron chi connectivity index (χ1n) is 8.31. The van der Waals surface area contributed by atoms with Crippen molar-refractivity contribution in [1.82, 2.24) is 19.7 Å². The molecule has 1 unspecified atom stereocenters. The number of ether oxygens (including phenoxy) is 1. The molecule has 2 atom stereocenters. The van der Waals surface area contributed by atoms with Crippen LogP contribution in [0.4, 0.5) is 0 Å². The van der Waals surface area contributed by atoms with Crippen molar-refractivity contribution in [2.24, 2.45) is 7.05 Å². The summed E-state index contributed by atoms with van der Waals surface area (Å²) in [5, 5.41) is 9.58. The predicted octanol–water partition coefficient (Wildman–Crippen LogP) is -0.842. The third kappa shape index (κ3) is 3.87. The summed E-state index contributed by atoms with van der Waals surface area (Å²) in [6.45, 7) is 5.42. The number of likely N-dealkylation sites (tertiary alicyclic amines) is 1. The molecular formula is C15H26N5O2S+. The topological polar surface area (TPSA) is 64.7 Å². The molecule has 2 aliphatic heterocycles. The highest BCUT2D eigenvalue weighted by atomic mass is 32.2. The number of nitrogens with zero attached hydrogens (tertiary/aromatic N) is 4. The Morgan fingerprint density at radius 2 is 2.17 bits per heavy atom. The Morgan fingerprint density at radius 3 is 2.87 bits per heavy atom. The van der Waals surface area contributed by atoms with Gasteiger partial charge >= 0.3 is 0 Å². The molecule has 3 rings (SSSR count). The minimum atomic E-state index is 0.256. The highest BCUT2D eigenvalue weighted by Crippen LogP contribution is 2.22. The zero-order chi connectivity index (χ0) is 16.2. The second-order valence-corrected chi connectivity index (χ2v) is 7.09. The van der Waals surface area contributed by atoms with Crippen molar-refractivity contribution in [3.8, 4) is 0 Å². The summed E-state index contributed by atoms with van der Waals surface area (Å²) < 4.78 is 7.42. The molecule has 1 aromatic rings. The number of quaternary nitrogens is 1. The van der Waals surface area contributed by atoms with Gasteiger partial charge in [-0.25, -0.2) is 0 Å². The van der Waals surface area contributed by atoms with Crippen molar-refractivity contribution in [1.29, 1.82) is 0 Å². The second-order valence-electron chi connectivity index (χ2n) is 6.32. The summed E-state index contributed by atoms with van der Waals surface area (Å²) in [4.78, 5) is 15.7. The van der Waals surface area contributed by atoms with Gasteiger partial charge in [-0.3, -0.25) is 4.79 Å². The van der Waals surface area contributed by atoms with Crippen LogP contribution in [0.25, 0.3) is 0 Å². The van der Waals surface area contributed by atoms with Crippen molar-refractivity contribution in [2.45, 2.75) is 23.9 Å². The van der Waals surface area contributed by atoms with Gasteiger partial charge in [-0.15, -0.1) is 10.2 Å². The lowest BCUT2D eigenvalue weighted by Crippen LogP contribution is -3.14. The molecule has 0 spiro atoms. The van der Waals surface area contributed by atoms with Crippen LogP contribution in [0.5, 0.6) is 0 Å². The van der Waals surface area contributed by atoms with Crippen LogP contribution in [0.15, 0.2) is 5.16 Å². The molecule has 1 amide bonds. The lowest BCUT2D eigenvalue weighted by molar-refractivity contribution is -0.898. The van der Waals surface area contributed by atoms with Crippen LogP contribution in [-0.2, 0) is 16.6 Å². The van der Waals surface area contributed by atoms with Gasteiger partial charge in [0.05, 0.1) is 32.2 Å². The van der Waals surface area contributed by atoms with Crippen LogP contribution in [0.3, 0.4) is 0 Å². The number of carbonyl (C=O) groups is 1. The minimum Gasteiger partial charge on any atom is -0.378 e. The maximum Gasteiger partial charge on any atom is 0.277 e. The predicted molar refractivity (Wildman–Crippen MR) is 87.7 cm³/mol. The highest BCUT2D eigenvalue weighted by Gasteiger charge is 2.31. The number of hydrogen-bond acceptors (Lipinski definition) is 5. The number of rotatable bonds is 4. The number of hydrogen-bond donors (Lipinski definition) is 1. The van der Waals surface area contributed by atoms with E-state index in [0.29, 0.717) is 25.7 Å². The van der Waals surface area contributed by atoms with Crippen molar-refractivity contribution < 1.29 is 14.4 Å². The van der Waals surface area contributed by atoms with Gasteiger partial charge in [0.2, 0.25) is 0 Å². The zero-order valence-electron chi connectivity index (χ0n) is 14.0. The second kappa shape index (κ2) is 7.63.